The van der Waals surface area contributed by atoms with E-state index in [9.17, 15) is 25.3 Å². The number of fused-ring (bicyclic) bond motifs is 1. The third kappa shape index (κ3) is 3.95. The lowest BCUT2D eigenvalue weighted by Gasteiger charge is -2.31. The smallest absolute Gasteiger partial charge is 0.266 e. The predicted molar refractivity (Wildman–Crippen MR) is 89.9 cm³/mol. The highest BCUT2D eigenvalue weighted by atomic mass is 32.3. The molecule has 0 heterocycles. The lowest BCUT2D eigenvalue weighted by atomic mass is 10.0. The van der Waals surface area contributed by atoms with E-state index in [2.05, 4.69) is 6.92 Å². The van der Waals surface area contributed by atoms with Gasteiger partial charge in [0.25, 0.3) is 10.1 Å². The fraction of sp³-hybridized carbons (Fsp3) is 1.00. The summed E-state index contributed by atoms with van der Waals surface area (Å²) in [5.74, 6) is 0.0857. The average Bonchev–Trinajstić information content (AvgIpc) is 2.79. The summed E-state index contributed by atoms with van der Waals surface area (Å²) in [6.07, 6.45) is 3.35. The predicted octanol–water partition coefficient (Wildman–Crippen LogP) is 0.680. The molecule has 0 saturated heterocycles. The average molecular weight is 404 g/mol. The Bertz CT molecular complexity index is 787. The molecule has 0 aliphatic heterocycles. The van der Waals surface area contributed by atoms with E-state index in [1.165, 1.54) is 6.92 Å². The molecule has 0 aromatic carbocycles. The molecule has 0 spiro atoms. The van der Waals surface area contributed by atoms with Gasteiger partial charge >= 0.3 is 0 Å². The van der Waals surface area contributed by atoms with Crippen LogP contribution in [0.15, 0.2) is 0 Å². The van der Waals surface area contributed by atoms with Crippen molar-refractivity contribution in [3.05, 3.63) is 0 Å². The molecule has 24 heavy (non-hydrogen) atoms. The van der Waals surface area contributed by atoms with E-state index in [4.69, 9.17) is 4.55 Å². The second-order valence-electron chi connectivity index (χ2n) is 7.51. The van der Waals surface area contributed by atoms with Crippen molar-refractivity contribution in [2.75, 3.05) is 18.6 Å². The molecular formula is C13H25NO7S3. The molecule has 2 saturated carbocycles. The van der Waals surface area contributed by atoms with Crippen molar-refractivity contribution in [1.82, 2.24) is 3.71 Å². The molecule has 2 aliphatic rings. The molecule has 1 N–H and O–H groups in total. The summed E-state index contributed by atoms with van der Waals surface area (Å²) in [6.45, 7) is 2.86. The maximum Gasteiger partial charge on any atom is 0.266 e. The minimum Gasteiger partial charge on any atom is -0.286 e. The number of hydrogen-bond donors (Lipinski definition) is 1. The third-order valence-electron chi connectivity index (χ3n) is 5.26. The Hall–Kier alpha value is -0.230. The number of rotatable bonds is 6. The van der Waals surface area contributed by atoms with Gasteiger partial charge in [0, 0.05) is 6.54 Å². The molecule has 2 unspecified atom stereocenters. The minimum atomic E-state index is -4.48. The quantitative estimate of drug-likeness (QED) is 0.646. The monoisotopic (exact) mass is 403 g/mol. The topological polar surface area (TPSA) is 126 Å². The maximum atomic E-state index is 13.0. The third-order valence-corrected chi connectivity index (χ3v) is 10.6. The maximum absolute atomic E-state index is 13.0. The van der Waals surface area contributed by atoms with Gasteiger partial charge in [-0.25, -0.2) is 16.8 Å². The van der Waals surface area contributed by atoms with Gasteiger partial charge in [-0.3, -0.25) is 4.55 Å². The van der Waals surface area contributed by atoms with Crippen LogP contribution in [0.4, 0.5) is 0 Å². The van der Waals surface area contributed by atoms with Crippen molar-refractivity contribution in [3.63, 3.8) is 0 Å². The molecule has 2 atom stereocenters. The zero-order valence-electron chi connectivity index (χ0n) is 14.0. The lowest BCUT2D eigenvalue weighted by Crippen LogP contribution is -2.49. The van der Waals surface area contributed by atoms with Crippen molar-refractivity contribution in [2.24, 2.45) is 17.8 Å². The Morgan fingerprint density at radius 3 is 1.88 bits per heavy atom. The molecule has 142 valence electrons. The van der Waals surface area contributed by atoms with E-state index in [1.54, 1.807) is 0 Å². The van der Waals surface area contributed by atoms with Crippen LogP contribution in [0.1, 0.15) is 39.5 Å². The van der Waals surface area contributed by atoms with Gasteiger partial charge in [0.1, 0.15) is 0 Å². The van der Waals surface area contributed by atoms with Gasteiger partial charge in [0.05, 0.1) is 16.8 Å². The Balaban J connectivity index is 2.32. The van der Waals surface area contributed by atoms with Crippen molar-refractivity contribution < 1.29 is 29.8 Å². The Kier molecular flexibility index (Phi) is 5.18. The van der Waals surface area contributed by atoms with Crippen LogP contribution in [-0.4, -0.2) is 56.8 Å². The van der Waals surface area contributed by atoms with E-state index in [-0.39, 0.29) is 15.5 Å². The molecular weight excluding hydrogens is 378 g/mol. The molecule has 0 amide bonds. The lowest BCUT2D eigenvalue weighted by molar-refractivity contribution is 0.435. The molecule has 11 heteroatoms. The van der Waals surface area contributed by atoms with Crippen LogP contribution in [0.5, 0.6) is 0 Å². The summed E-state index contributed by atoms with van der Waals surface area (Å²) in [5, 5.41) is 0. The number of hydrogen-bond acceptors (Lipinski definition) is 6. The Morgan fingerprint density at radius 1 is 1.04 bits per heavy atom. The van der Waals surface area contributed by atoms with Gasteiger partial charge < -0.3 is 0 Å². The normalized spacial score (nSPS) is 34.6. The summed E-state index contributed by atoms with van der Waals surface area (Å²) in [5.41, 5.74) is 0. The van der Waals surface area contributed by atoms with Crippen LogP contribution < -0.4 is 0 Å². The summed E-state index contributed by atoms with van der Waals surface area (Å²) in [4.78, 5) is 0. The van der Waals surface area contributed by atoms with Crippen molar-refractivity contribution in [2.45, 2.75) is 44.3 Å². The van der Waals surface area contributed by atoms with E-state index >= 15 is 0 Å². The summed E-state index contributed by atoms with van der Waals surface area (Å²) in [6, 6.07) is 0. The summed E-state index contributed by atoms with van der Waals surface area (Å²) in [7, 11) is -12.9. The SMILES string of the molecule is CC1CC2CC(C)(S(=O)(=O)N(CCS(=O)(=O)O)S(C)(=O)=O)CC2C1. The molecule has 2 fully saturated rings. The molecule has 2 rings (SSSR count). The van der Waals surface area contributed by atoms with Gasteiger partial charge in [-0.15, -0.1) is 0 Å². The van der Waals surface area contributed by atoms with Crippen LogP contribution >= 0.6 is 0 Å². The van der Waals surface area contributed by atoms with Crippen molar-refractivity contribution >= 4 is 30.2 Å². The first-order valence-electron chi connectivity index (χ1n) is 7.83. The molecule has 0 bridgehead atoms. The first kappa shape index (κ1) is 20.1. The van der Waals surface area contributed by atoms with Gasteiger partial charge in [0.2, 0.25) is 20.0 Å². The highest BCUT2D eigenvalue weighted by Crippen LogP contribution is 2.54. The van der Waals surface area contributed by atoms with Crippen LogP contribution in [0, 0.1) is 17.8 Å². The van der Waals surface area contributed by atoms with Gasteiger partial charge in [-0.05, 0) is 50.4 Å². The minimum absolute atomic E-state index is 0.248. The van der Waals surface area contributed by atoms with Gasteiger partial charge in [0.15, 0.2) is 0 Å². The van der Waals surface area contributed by atoms with E-state index in [1.807, 2.05) is 0 Å². The second kappa shape index (κ2) is 6.19. The molecule has 0 aromatic heterocycles. The largest absolute Gasteiger partial charge is 0.286 e. The van der Waals surface area contributed by atoms with Crippen LogP contribution in [0.2, 0.25) is 0 Å². The van der Waals surface area contributed by atoms with Gasteiger partial charge in [-0.1, -0.05) is 10.6 Å². The zero-order chi connectivity index (χ0) is 18.6. The van der Waals surface area contributed by atoms with Crippen LogP contribution in [0.3, 0.4) is 0 Å². The fourth-order valence-electron chi connectivity index (χ4n) is 4.32. The molecule has 0 aromatic rings. The highest BCUT2D eigenvalue weighted by molar-refractivity contribution is 8.04. The van der Waals surface area contributed by atoms with Crippen LogP contribution in [-0.2, 0) is 30.2 Å². The van der Waals surface area contributed by atoms with E-state index in [0.29, 0.717) is 18.8 Å². The van der Waals surface area contributed by atoms with Crippen molar-refractivity contribution in [3.8, 4) is 0 Å². The van der Waals surface area contributed by atoms with E-state index in [0.717, 1.165) is 19.1 Å². The number of sulfonamides is 2. The van der Waals surface area contributed by atoms with Crippen molar-refractivity contribution in [1.29, 1.82) is 0 Å². The first-order valence-corrected chi connectivity index (χ1v) is 12.7. The summed E-state index contributed by atoms with van der Waals surface area (Å²) >= 11 is 0. The second-order valence-corrected chi connectivity index (χ2v) is 13.6. The highest BCUT2D eigenvalue weighted by Gasteiger charge is 2.55. The zero-order valence-corrected chi connectivity index (χ0v) is 16.5. The Morgan fingerprint density at radius 2 is 1.50 bits per heavy atom. The molecule has 8 nitrogen and oxygen atoms in total. The Labute approximate surface area is 144 Å². The van der Waals surface area contributed by atoms with E-state index < -0.39 is 47.2 Å². The van der Waals surface area contributed by atoms with Crippen LogP contribution in [0.25, 0.3) is 0 Å². The summed E-state index contributed by atoms with van der Waals surface area (Å²) < 4.78 is 79.6. The fourth-order valence-corrected chi connectivity index (χ4v) is 9.02. The molecule has 0 radical (unpaired) electrons. The molecule has 2 aliphatic carbocycles. The van der Waals surface area contributed by atoms with Gasteiger partial charge in [-0.2, -0.15) is 8.42 Å². The standard InChI is InChI=1S/C13H25NO7S3/c1-10-6-11-8-13(2,9-12(11)7-10)24(20,21)14(22(3,15)16)4-5-23(17,18)19/h10-12H,4-9H2,1-3H3,(H,17,18,19). The first-order chi connectivity index (χ1) is 10.7. The number of nitrogens with zero attached hydrogens (tertiary/aromatic N) is 1.